The Labute approximate surface area is 146 Å². The van der Waals surface area contributed by atoms with E-state index in [-0.39, 0.29) is 11.9 Å². The molecule has 0 aromatic heterocycles. The fraction of sp³-hybridized carbons (Fsp3) is 0.429. The molecule has 0 unspecified atom stereocenters. The lowest BCUT2D eigenvalue weighted by molar-refractivity contribution is -0.141. The Kier molecular flexibility index (Phi) is 6.65. The number of carbonyl (C=O) groups is 2. The summed E-state index contributed by atoms with van der Waals surface area (Å²) < 4.78 is 5.22. The van der Waals surface area contributed by atoms with E-state index in [2.05, 4.69) is 10.0 Å². The second kappa shape index (κ2) is 8.72. The summed E-state index contributed by atoms with van der Waals surface area (Å²) in [7, 11) is 3.12. The van der Waals surface area contributed by atoms with Crippen LogP contribution in [0.4, 0.5) is 10.5 Å². The maximum Gasteiger partial charge on any atom is 0.410 e. The summed E-state index contributed by atoms with van der Waals surface area (Å²) in [6.45, 7) is 0.385. The van der Waals surface area contributed by atoms with Gasteiger partial charge in [-0.3, -0.25) is 4.90 Å². The summed E-state index contributed by atoms with van der Waals surface area (Å²) in [6.07, 6.45) is 1.70. The van der Waals surface area contributed by atoms with Crippen LogP contribution in [-0.2, 0) is 16.1 Å². The van der Waals surface area contributed by atoms with E-state index in [1.54, 1.807) is 45.9 Å². The largest absolute Gasteiger partial charge is 0.480 e. The van der Waals surface area contributed by atoms with Crippen molar-refractivity contribution >= 4 is 39.3 Å². The molecular weight excluding hydrogens is 352 g/mol. The zero-order valence-corrected chi connectivity index (χ0v) is 14.5. The first-order valence-electron chi connectivity index (χ1n) is 7.05. The molecular formula is C14H16N4O4S2. The average molecular weight is 368 g/mol. The van der Waals surface area contributed by atoms with Crippen molar-refractivity contribution in [2.75, 3.05) is 12.8 Å². The SMILES string of the molecule is CSS[C@@H]1C[C@@H](C(=O)O)N(C(=O)OCc2ccc(N=[N+]=[N-])cc2)C1. The molecule has 0 spiro atoms. The van der Waals surface area contributed by atoms with Gasteiger partial charge in [-0.15, -0.1) is 0 Å². The molecule has 1 N–H and O–H groups in total. The van der Waals surface area contributed by atoms with Crippen molar-refractivity contribution in [1.29, 1.82) is 0 Å². The zero-order chi connectivity index (χ0) is 17.5. The Morgan fingerprint density at radius 3 is 2.75 bits per heavy atom. The number of hydrogen-bond acceptors (Lipinski definition) is 6. The number of aliphatic carboxylic acids is 1. The number of carboxylic acid groups (broad SMARTS) is 1. The number of azide groups is 1. The molecule has 1 aliphatic rings. The summed E-state index contributed by atoms with van der Waals surface area (Å²) in [4.78, 5) is 27.5. The third-order valence-corrected chi connectivity index (χ3v) is 5.67. The number of carboxylic acids is 1. The van der Waals surface area contributed by atoms with Gasteiger partial charge >= 0.3 is 12.1 Å². The number of ether oxygens (including phenoxy) is 1. The van der Waals surface area contributed by atoms with Crippen LogP contribution in [-0.4, -0.2) is 46.2 Å². The lowest BCUT2D eigenvalue weighted by Crippen LogP contribution is -2.40. The van der Waals surface area contributed by atoms with Crippen LogP contribution in [0.3, 0.4) is 0 Å². The molecule has 1 saturated heterocycles. The van der Waals surface area contributed by atoms with Crippen molar-refractivity contribution < 1.29 is 19.4 Å². The van der Waals surface area contributed by atoms with Gasteiger partial charge in [0, 0.05) is 22.4 Å². The summed E-state index contributed by atoms with van der Waals surface area (Å²) in [5.41, 5.74) is 9.54. The zero-order valence-electron chi connectivity index (χ0n) is 12.9. The summed E-state index contributed by atoms with van der Waals surface area (Å²) >= 11 is 0. The number of hydrogen-bond donors (Lipinski definition) is 1. The van der Waals surface area contributed by atoms with E-state index in [1.165, 1.54) is 4.90 Å². The normalized spacial score (nSPS) is 19.6. The first kappa shape index (κ1) is 18.3. The maximum absolute atomic E-state index is 12.2. The summed E-state index contributed by atoms with van der Waals surface area (Å²) in [6, 6.07) is 5.74. The number of rotatable bonds is 6. The predicted octanol–water partition coefficient (Wildman–Crippen LogP) is 3.80. The van der Waals surface area contributed by atoms with E-state index < -0.39 is 18.1 Å². The molecule has 0 aliphatic carbocycles. The molecule has 1 heterocycles. The van der Waals surface area contributed by atoms with Crippen LogP contribution in [0.15, 0.2) is 29.4 Å². The highest BCUT2D eigenvalue weighted by atomic mass is 33.1. The van der Waals surface area contributed by atoms with Crippen LogP contribution in [0, 0.1) is 0 Å². The molecule has 0 saturated carbocycles. The van der Waals surface area contributed by atoms with Gasteiger partial charge in [-0.2, -0.15) is 0 Å². The Bertz CT molecular complexity index is 649. The highest BCUT2D eigenvalue weighted by Crippen LogP contribution is 2.34. The molecule has 128 valence electrons. The minimum absolute atomic E-state index is 0.0263. The van der Waals surface area contributed by atoms with Crippen molar-refractivity contribution in [2.24, 2.45) is 5.11 Å². The highest BCUT2D eigenvalue weighted by molar-refractivity contribution is 8.76. The molecule has 2 rings (SSSR count). The lowest BCUT2D eigenvalue weighted by Gasteiger charge is -2.20. The van der Waals surface area contributed by atoms with E-state index >= 15 is 0 Å². The first-order valence-corrected chi connectivity index (χ1v) is 9.67. The van der Waals surface area contributed by atoms with Gasteiger partial charge in [0.15, 0.2) is 0 Å². The average Bonchev–Trinajstić information content (AvgIpc) is 2.99. The number of carbonyl (C=O) groups excluding carboxylic acids is 1. The van der Waals surface area contributed by atoms with Crippen molar-refractivity contribution in [2.45, 2.75) is 24.3 Å². The third-order valence-electron chi connectivity index (χ3n) is 3.47. The predicted molar refractivity (Wildman–Crippen MR) is 93.1 cm³/mol. The molecule has 1 amide bonds. The van der Waals surface area contributed by atoms with E-state index in [1.807, 2.05) is 6.26 Å². The lowest BCUT2D eigenvalue weighted by atomic mass is 10.2. The maximum atomic E-state index is 12.2. The topological polar surface area (TPSA) is 116 Å². The van der Waals surface area contributed by atoms with Crippen molar-refractivity contribution in [3.63, 3.8) is 0 Å². The molecule has 0 bridgehead atoms. The van der Waals surface area contributed by atoms with E-state index in [0.717, 1.165) is 5.56 Å². The molecule has 1 fully saturated rings. The van der Waals surface area contributed by atoms with Crippen LogP contribution in [0.25, 0.3) is 10.4 Å². The van der Waals surface area contributed by atoms with Crippen molar-refractivity contribution in [3.05, 3.63) is 40.3 Å². The number of likely N-dealkylation sites (tertiary alicyclic amines) is 1. The first-order chi connectivity index (χ1) is 11.5. The van der Waals surface area contributed by atoms with Crippen molar-refractivity contribution in [1.82, 2.24) is 4.90 Å². The molecule has 8 nitrogen and oxygen atoms in total. The van der Waals surface area contributed by atoms with Gasteiger partial charge in [0.2, 0.25) is 0 Å². The van der Waals surface area contributed by atoms with Crippen molar-refractivity contribution in [3.8, 4) is 0 Å². The molecule has 10 heteroatoms. The van der Waals surface area contributed by atoms with E-state index in [9.17, 15) is 14.7 Å². The van der Waals surface area contributed by atoms with Gasteiger partial charge in [0.25, 0.3) is 0 Å². The quantitative estimate of drug-likeness (QED) is 0.353. The minimum Gasteiger partial charge on any atom is -0.480 e. The van der Waals surface area contributed by atoms with Gasteiger partial charge in [0.05, 0.1) is 0 Å². The Balaban J connectivity index is 1.95. The van der Waals surface area contributed by atoms with Crippen LogP contribution in [0.5, 0.6) is 0 Å². The molecule has 2 atom stereocenters. The second-order valence-electron chi connectivity index (χ2n) is 5.04. The number of nitrogens with zero attached hydrogens (tertiary/aromatic N) is 4. The fourth-order valence-corrected chi connectivity index (χ4v) is 4.37. The van der Waals surface area contributed by atoms with Crippen LogP contribution >= 0.6 is 21.6 Å². The highest BCUT2D eigenvalue weighted by Gasteiger charge is 2.40. The molecule has 1 aromatic carbocycles. The van der Waals surface area contributed by atoms with Gasteiger partial charge in [-0.25, -0.2) is 9.59 Å². The minimum atomic E-state index is -1.02. The molecule has 0 radical (unpaired) electrons. The van der Waals surface area contributed by atoms with Gasteiger partial charge in [0.1, 0.15) is 12.6 Å². The Morgan fingerprint density at radius 1 is 1.46 bits per heavy atom. The molecule has 24 heavy (non-hydrogen) atoms. The number of benzene rings is 1. The summed E-state index contributed by atoms with van der Waals surface area (Å²) in [5, 5.41) is 12.8. The standard InChI is InChI=1S/C14H16N4O4S2/c1-23-24-11-6-12(13(19)20)18(7-11)14(21)22-8-9-2-4-10(5-3-9)16-17-15/h2-5,11-12H,6-8H2,1H3,(H,19,20)/t11-,12+/m1/s1. The third kappa shape index (κ3) is 4.73. The fourth-order valence-electron chi connectivity index (χ4n) is 2.38. The Morgan fingerprint density at radius 2 is 2.17 bits per heavy atom. The van der Waals surface area contributed by atoms with Crippen LogP contribution in [0.2, 0.25) is 0 Å². The summed E-state index contributed by atoms with van der Waals surface area (Å²) in [5.74, 6) is -1.02. The van der Waals surface area contributed by atoms with Crippen LogP contribution in [0.1, 0.15) is 12.0 Å². The van der Waals surface area contributed by atoms with Gasteiger partial charge in [-0.05, 0) is 23.8 Å². The van der Waals surface area contributed by atoms with Crippen LogP contribution < -0.4 is 0 Å². The molecule has 1 aliphatic heterocycles. The smallest absolute Gasteiger partial charge is 0.410 e. The number of amides is 1. The second-order valence-corrected chi connectivity index (χ2v) is 7.81. The van der Waals surface area contributed by atoms with Gasteiger partial charge < -0.3 is 9.84 Å². The van der Waals surface area contributed by atoms with Gasteiger partial charge in [-0.1, -0.05) is 51.0 Å². The van der Waals surface area contributed by atoms with E-state index in [4.69, 9.17) is 10.3 Å². The monoisotopic (exact) mass is 368 g/mol. The Hall–Kier alpha value is -2.03. The molecule has 1 aromatic rings. The van der Waals surface area contributed by atoms with E-state index in [0.29, 0.717) is 18.7 Å².